The van der Waals surface area contributed by atoms with Crippen LogP contribution in [0.15, 0.2) is 18.2 Å². The number of carbonyl (C=O) groups excluding carboxylic acids is 1. The van der Waals surface area contributed by atoms with Crippen LogP contribution in [0, 0.1) is 6.92 Å². The van der Waals surface area contributed by atoms with Crippen LogP contribution in [-0.2, 0) is 4.79 Å². The molecule has 0 aliphatic heterocycles. The number of carbonyl (C=O) groups is 1. The smallest absolute Gasteiger partial charge is 0.219 e. The van der Waals surface area contributed by atoms with Crippen LogP contribution in [-0.4, -0.2) is 17.4 Å². The van der Waals surface area contributed by atoms with Gasteiger partial charge in [0.05, 0.1) is 0 Å². The molecule has 4 nitrogen and oxygen atoms in total. The fourth-order valence-corrected chi connectivity index (χ4v) is 1.51. The minimum absolute atomic E-state index is 0.282. The first-order chi connectivity index (χ1) is 7.50. The third kappa shape index (κ3) is 3.51. The number of primary amides is 1. The quantitative estimate of drug-likeness (QED) is 0.665. The van der Waals surface area contributed by atoms with Crippen LogP contribution in [0.25, 0.3) is 0 Å². The fourth-order valence-electron chi connectivity index (χ4n) is 1.34. The summed E-state index contributed by atoms with van der Waals surface area (Å²) in [4.78, 5) is 10.9. The summed E-state index contributed by atoms with van der Waals surface area (Å²) in [5, 5.41) is 3.08. The van der Waals surface area contributed by atoms with Crippen molar-refractivity contribution in [2.45, 2.75) is 13.3 Å². The maximum absolute atomic E-state index is 10.6. The second-order valence-corrected chi connectivity index (χ2v) is 4.00. The molecule has 5 N–H and O–H groups in total. The van der Waals surface area contributed by atoms with Crippen molar-refractivity contribution in [3.63, 3.8) is 0 Å². The second-order valence-electron chi connectivity index (χ2n) is 3.56. The Bertz CT molecular complexity index is 418. The molecule has 0 aliphatic carbocycles. The number of nitrogens with two attached hydrogens (primary N) is 2. The van der Waals surface area contributed by atoms with E-state index in [0.717, 1.165) is 16.8 Å². The molecule has 0 saturated heterocycles. The van der Waals surface area contributed by atoms with Gasteiger partial charge in [-0.15, -0.1) is 0 Å². The lowest BCUT2D eigenvalue weighted by molar-refractivity contribution is -0.117. The van der Waals surface area contributed by atoms with E-state index in [-0.39, 0.29) is 12.3 Å². The van der Waals surface area contributed by atoms with Gasteiger partial charge >= 0.3 is 0 Å². The zero-order chi connectivity index (χ0) is 12.1. The summed E-state index contributed by atoms with van der Waals surface area (Å²) in [6, 6.07) is 5.76. The van der Waals surface area contributed by atoms with Gasteiger partial charge in [-0.25, -0.2) is 0 Å². The van der Waals surface area contributed by atoms with E-state index in [2.05, 4.69) is 5.32 Å². The molecule has 86 valence electrons. The molecule has 0 atom stereocenters. The van der Waals surface area contributed by atoms with E-state index < -0.39 is 0 Å². The molecule has 5 heteroatoms. The van der Waals surface area contributed by atoms with Crippen LogP contribution in [0.4, 0.5) is 5.69 Å². The normalized spacial score (nSPS) is 9.81. The summed E-state index contributed by atoms with van der Waals surface area (Å²) >= 11 is 4.96. The van der Waals surface area contributed by atoms with Crippen molar-refractivity contribution in [1.29, 1.82) is 0 Å². The second kappa shape index (κ2) is 5.46. The Hall–Kier alpha value is -1.62. The van der Waals surface area contributed by atoms with Gasteiger partial charge < -0.3 is 16.8 Å². The van der Waals surface area contributed by atoms with Crippen LogP contribution < -0.4 is 16.8 Å². The predicted octanol–water partition coefficient (Wildman–Crippen LogP) is 0.917. The summed E-state index contributed by atoms with van der Waals surface area (Å²) in [6.07, 6.45) is 0.282. The molecule has 0 saturated carbocycles. The zero-order valence-electron chi connectivity index (χ0n) is 9.12. The van der Waals surface area contributed by atoms with Crippen molar-refractivity contribution in [3.05, 3.63) is 29.3 Å². The van der Waals surface area contributed by atoms with Gasteiger partial charge in [0.15, 0.2) is 0 Å². The van der Waals surface area contributed by atoms with Gasteiger partial charge in [-0.05, 0) is 19.1 Å². The first kappa shape index (κ1) is 12.4. The summed E-state index contributed by atoms with van der Waals surface area (Å²) in [5.74, 6) is -0.337. The van der Waals surface area contributed by atoms with Gasteiger partial charge in [-0.1, -0.05) is 23.8 Å². The Kier molecular flexibility index (Phi) is 4.25. The van der Waals surface area contributed by atoms with Crippen molar-refractivity contribution in [1.82, 2.24) is 0 Å². The van der Waals surface area contributed by atoms with Crippen molar-refractivity contribution >= 4 is 28.8 Å². The summed E-state index contributed by atoms with van der Waals surface area (Å²) < 4.78 is 0. The standard InChI is InChI=1S/C11H15N3OS/c1-7-2-3-9(8(6-7)11(13)16)14-5-4-10(12)15/h2-3,6,14H,4-5H2,1H3,(H2,12,15)(H2,13,16). The molecule has 0 radical (unpaired) electrons. The number of benzene rings is 1. The third-order valence-corrected chi connectivity index (χ3v) is 2.35. The Balaban J connectivity index is 2.78. The highest BCUT2D eigenvalue weighted by atomic mass is 32.1. The topological polar surface area (TPSA) is 81.1 Å². The van der Waals surface area contributed by atoms with Gasteiger partial charge in [-0.2, -0.15) is 0 Å². The van der Waals surface area contributed by atoms with E-state index in [4.69, 9.17) is 23.7 Å². The van der Waals surface area contributed by atoms with Gasteiger partial charge in [0, 0.05) is 24.2 Å². The number of amides is 1. The number of nitrogens with one attached hydrogen (secondary N) is 1. The van der Waals surface area contributed by atoms with Crippen molar-refractivity contribution in [2.75, 3.05) is 11.9 Å². The van der Waals surface area contributed by atoms with Gasteiger partial charge in [0.25, 0.3) is 0 Å². The number of hydrogen-bond donors (Lipinski definition) is 3. The SMILES string of the molecule is Cc1ccc(NCCC(N)=O)c(C(N)=S)c1. The summed E-state index contributed by atoms with van der Waals surface area (Å²) in [7, 11) is 0. The molecular formula is C11H15N3OS. The van der Waals surface area contributed by atoms with E-state index in [1.807, 2.05) is 25.1 Å². The number of anilines is 1. The lowest BCUT2D eigenvalue weighted by atomic mass is 10.1. The lowest BCUT2D eigenvalue weighted by Crippen LogP contribution is -2.18. The number of aryl methyl sites for hydroxylation is 1. The molecule has 0 spiro atoms. The van der Waals surface area contributed by atoms with Crippen LogP contribution >= 0.6 is 12.2 Å². The van der Waals surface area contributed by atoms with Crippen molar-refractivity contribution < 1.29 is 4.79 Å². The summed E-state index contributed by atoms with van der Waals surface area (Å²) in [5.41, 5.74) is 13.4. The molecule has 1 aromatic rings. The van der Waals surface area contributed by atoms with E-state index in [1.165, 1.54) is 0 Å². The molecular weight excluding hydrogens is 222 g/mol. The molecule has 0 heterocycles. The molecule has 0 aromatic heterocycles. The Morgan fingerprint density at radius 1 is 1.44 bits per heavy atom. The van der Waals surface area contributed by atoms with Crippen molar-refractivity contribution in [3.8, 4) is 0 Å². The highest BCUT2D eigenvalue weighted by molar-refractivity contribution is 7.80. The molecule has 0 bridgehead atoms. The fraction of sp³-hybridized carbons (Fsp3) is 0.273. The Morgan fingerprint density at radius 3 is 2.69 bits per heavy atom. The maximum Gasteiger partial charge on any atom is 0.219 e. The Labute approximate surface area is 100 Å². The zero-order valence-corrected chi connectivity index (χ0v) is 9.93. The monoisotopic (exact) mass is 237 g/mol. The lowest BCUT2D eigenvalue weighted by Gasteiger charge is -2.11. The molecule has 0 fully saturated rings. The highest BCUT2D eigenvalue weighted by Gasteiger charge is 2.05. The van der Waals surface area contributed by atoms with Gasteiger partial charge in [0.2, 0.25) is 5.91 Å². The molecule has 16 heavy (non-hydrogen) atoms. The van der Waals surface area contributed by atoms with Gasteiger partial charge in [0.1, 0.15) is 4.99 Å². The predicted molar refractivity (Wildman–Crippen MR) is 69.4 cm³/mol. The molecule has 1 aromatic carbocycles. The minimum atomic E-state index is -0.337. The van der Waals surface area contributed by atoms with E-state index in [0.29, 0.717) is 11.5 Å². The number of thiocarbonyl (C=S) groups is 1. The molecule has 0 aliphatic rings. The molecule has 0 unspecified atom stereocenters. The van der Waals surface area contributed by atoms with Crippen LogP contribution in [0.5, 0.6) is 0 Å². The largest absolute Gasteiger partial charge is 0.389 e. The molecule has 1 amide bonds. The third-order valence-electron chi connectivity index (χ3n) is 2.13. The van der Waals surface area contributed by atoms with Crippen molar-refractivity contribution in [2.24, 2.45) is 11.5 Å². The van der Waals surface area contributed by atoms with E-state index in [9.17, 15) is 4.79 Å². The summed E-state index contributed by atoms with van der Waals surface area (Å²) in [6.45, 7) is 2.45. The van der Waals surface area contributed by atoms with E-state index >= 15 is 0 Å². The number of hydrogen-bond acceptors (Lipinski definition) is 3. The van der Waals surface area contributed by atoms with Crippen LogP contribution in [0.3, 0.4) is 0 Å². The van der Waals surface area contributed by atoms with E-state index in [1.54, 1.807) is 0 Å². The Morgan fingerprint density at radius 2 is 2.12 bits per heavy atom. The first-order valence-electron chi connectivity index (χ1n) is 4.93. The molecule has 1 rings (SSSR count). The van der Waals surface area contributed by atoms with Crippen LogP contribution in [0.2, 0.25) is 0 Å². The maximum atomic E-state index is 10.6. The highest BCUT2D eigenvalue weighted by Crippen LogP contribution is 2.17. The van der Waals surface area contributed by atoms with Crippen LogP contribution in [0.1, 0.15) is 17.5 Å². The average Bonchev–Trinajstić information content (AvgIpc) is 2.19. The number of rotatable bonds is 5. The minimum Gasteiger partial charge on any atom is -0.389 e. The average molecular weight is 237 g/mol. The van der Waals surface area contributed by atoms with Gasteiger partial charge in [-0.3, -0.25) is 4.79 Å². The first-order valence-corrected chi connectivity index (χ1v) is 5.34.